The van der Waals surface area contributed by atoms with Gasteiger partial charge in [-0.2, -0.15) is 0 Å². The first-order valence-corrected chi connectivity index (χ1v) is 18.9. The van der Waals surface area contributed by atoms with Gasteiger partial charge >= 0.3 is 0 Å². The smallest absolute Gasteiger partial charge is 0.244 e. The molecule has 4 aromatic rings. The van der Waals surface area contributed by atoms with E-state index in [9.17, 15) is 15.0 Å². The van der Waals surface area contributed by atoms with Gasteiger partial charge in [0.1, 0.15) is 23.5 Å². The number of aromatic nitrogens is 3. The highest BCUT2D eigenvalue weighted by Crippen LogP contribution is 2.40. The number of amides is 1. The first-order chi connectivity index (χ1) is 25.0. The Balaban J connectivity index is 0.807. The Morgan fingerprint density at radius 3 is 2.37 bits per heavy atom. The minimum atomic E-state index is -0.718. The quantitative estimate of drug-likeness (QED) is 0.232. The summed E-state index contributed by atoms with van der Waals surface area (Å²) in [5.41, 5.74) is 9.72. The van der Waals surface area contributed by atoms with E-state index in [1.165, 1.54) is 48.2 Å². The van der Waals surface area contributed by atoms with Gasteiger partial charge in [-0.05, 0) is 125 Å². The lowest BCUT2D eigenvalue weighted by molar-refractivity contribution is -0.128. The monoisotopic (exact) mass is 685 g/mol. The van der Waals surface area contributed by atoms with Crippen molar-refractivity contribution in [1.29, 1.82) is 0 Å². The molecule has 1 aliphatic carbocycles. The van der Waals surface area contributed by atoms with Gasteiger partial charge in [-0.15, -0.1) is 10.2 Å². The number of aliphatic hydroxyl groups is 2. The molecule has 1 amide bonds. The van der Waals surface area contributed by atoms with Crippen LogP contribution in [0.15, 0.2) is 78.7 Å². The number of aliphatic hydroxyl groups excluding tert-OH is 2. The molecule has 51 heavy (non-hydrogen) atoms. The molecule has 3 N–H and O–H groups in total. The van der Waals surface area contributed by atoms with E-state index in [1.54, 1.807) is 0 Å². The molecule has 3 saturated heterocycles. The Morgan fingerprint density at radius 1 is 0.804 bits per heavy atom. The van der Waals surface area contributed by atoms with Crippen LogP contribution in [-0.2, 0) is 11.2 Å². The minimum absolute atomic E-state index is 0.0578. The molecule has 2 unspecified atom stereocenters. The van der Waals surface area contributed by atoms with Crippen LogP contribution in [0.1, 0.15) is 74.1 Å². The molecule has 0 radical (unpaired) electrons. The van der Waals surface area contributed by atoms with E-state index in [2.05, 4.69) is 83.4 Å². The first-order valence-electron chi connectivity index (χ1n) is 18.9. The van der Waals surface area contributed by atoms with Gasteiger partial charge in [-0.3, -0.25) is 4.79 Å². The summed E-state index contributed by atoms with van der Waals surface area (Å²) >= 11 is 0. The molecule has 3 fully saturated rings. The lowest BCUT2D eigenvalue weighted by atomic mass is 9.88. The van der Waals surface area contributed by atoms with Crippen LogP contribution in [0.2, 0.25) is 0 Å². The van der Waals surface area contributed by atoms with E-state index < -0.39 is 6.23 Å². The fourth-order valence-electron chi connectivity index (χ4n) is 9.30. The first kappa shape index (κ1) is 32.3. The lowest BCUT2D eigenvalue weighted by Gasteiger charge is -2.43. The molecule has 6 heterocycles. The molecule has 4 aliphatic heterocycles. The number of piperidine rings is 3. The van der Waals surface area contributed by atoms with E-state index >= 15 is 0 Å². The number of allylic oxidation sites excluding steroid dienone is 3. The van der Waals surface area contributed by atoms with Gasteiger partial charge in [0.25, 0.3) is 0 Å². The third-order valence-corrected chi connectivity index (χ3v) is 12.1. The Kier molecular flexibility index (Phi) is 8.52. The second-order valence-electron chi connectivity index (χ2n) is 14.9. The number of carbonyl (C=O) groups is 1. The van der Waals surface area contributed by atoms with Gasteiger partial charge < -0.3 is 34.8 Å². The molecular formula is C41H47N7O3. The second-order valence-corrected chi connectivity index (χ2v) is 14.9. The Bertz CT molecular complexity index is 1990. The zero-order chi connectivity index (χ0) is 34.5. The van der Waals surface area contributed by atoms with Gasteiger partial charge in [-0.25, -0.2) is 0 Å². The van der Waals surface area contributed by atoms with Crippen molar-refractivity contribution in [2.75, 3.05) is 42.5 Å². The number of benzene rings is 2. The molecular weight excluding hydrogens is 638 g/mol. The topological polar surface area (TPSA) is 110 Å². The third kappa shape index (κ3) is 6.08. The van der Waals surface area contributed by atoms with Gasteiger partial charge in [0.15, 0.2) is 0 Å². The number of nitrogens with one attached hydrogen (secondary N) is 1. The van der Waals surface area contributed by atoms with Crippen molar-refractivity contribution in [3.63, 3.8) is 0 Å². The standard InChI is InChI=1S/C41H47N7O3/c49-39-7-2-1-4-31(39)34-26-38-33(43-44-34)19-25-47(38)30-10-8-27(9-11-30)28-14-20-45(21-15-28)29-16-22-46(23-17-29)35-5-3-6-36-32(35)18-24-48(36)37-12-13-40(50)42-41(37)51/h3-11,19,25-26,28-29,37,40,49-50H,1-2,12-18,20-24H2,(H,42,51). The lowest BCUT2D eigenvalue weighted by Crippen LogP contribution is -2.53. The largest absolute Gasteiger partial charge is 0.508 e. The summed E-state index contributed by atoms with van der Waals surface area (Å²) in [7, 11) is 0. The summed E-state index contributed by atoms with van der Waals surface area (Å²) in [6.45, 7) is 5.28. The molecule has 0 saturated carbocycles. The number of hydrogen-bond acceptors (Lipinski definition) is 8. The van der Waals surface area contributed by atoms with Crippen molar-refractivity contribution in [2.45, 2.75) is 82.0 Å². The summed E-state index contributed by atoms with van der Waals surface area (Å²) in [6.07, 6.45) is 14.0. The Labute approximate surface area is 299 Å². The third-order valence-electron chi connectivity index (χ3n) is 12.1. The highest BCUT2D eigenvalue weighted by atomic mass is 16.3. The van der Waals surface area contributed by atoms with E-state index in [1.807, 2.05) is 24.3 Å². The van der Waals surface area contributed by atoms with Gasteiger partial charge in [-0.1, -0.05) is 24.3 Å². The molecule has 0 bridgehead atoms. The highest BCUT2D eigenvalue weighted by Gasteiger charge is 2.37. The van der Waals surface area contributed by atoms with E-state index in [4.69, 9.17) is 0 Å². The summed E-state index contributed by atoms with van der Waals surface area (Å²) < 4.78 is 2.16. The Hall–Kier alpha value is -4.67. The number of rotatable bonds is 6. The van der Waals surface area contributed by atoms with Crippen LogP contribution in [0.4, 0.5) is 11.4 Å². The van der Waals surface area contributed by atoms with Crippen LogP contribution < -0.4 is 15.1 Å². The van der Waals surface area contributed by atoms with Crippen molar-refractivity contribution >= 4 is 33.9 Å². The molecule has 2 aromatic heterocycles. The zero-order valence-electron chi connectivity index (χ0n) is 29.1. The predicted molar refractivity (Wildman–Crippen MR) is 200 cm³/mol. The van der Waals surface area contributed by atoms with Crippen molar-refractivity contribution in [3.8, 4) is 5.69 Å². The van der Waals surface area contributed by atoms with E-state index in [0.717, 1.165) is 74.3 Å². The number of hydrogen-bond donors (Lipinski definition) is 3. The van der Waals surface area contributed by atoms with Crippen LogP contribution in [-0.4, -0.2) is 86.8 Å². The maximum atomic E-state index is 12.7. The second kappa shape index (κ2) is 13.5. The van der Waals surface area contributed by atoms with Crippen molar-refractivity contribution in [2.24, 2.45) is 0 Å². The number of carbonyl (C=O) groups excluding carboxylic acids is 1. The minimum Gasteiger partial charge on any atom is -0.508 e. The number of nitrogens with zero attached hydrogens (tertiary/aromatic N) is 6. The maximum absolute atomic E-state index is 12.7. The summed E-state index contributed by atoms with van der Waals surface area (Å²) in [5.74, 6) is 0.803. The average molecular weight is 686 g/mol. The van der Waals surface area contributed by atoms with Crippen molar-refractivity contribution < 1.29 is 15.0 Å². The number of likely N-dealkylation sites (tertiary alicyclic amines) is 1. The van der Waals surface area contributed by atoms with Crippen LogP contribution in [0.25, 0.3) is 22.3 Å². The molecule has 9 rings (SSSR count). The zero-order valence-corrected chi connectivity index (χ0v) is 29.1. The summed E-state index contributed by atoms with van der Waals surface area (Å²) in [5, 5.41) is 31.9. The highest BCUT2D eigenvalue weighted by molar-refractivity contribution is 5.88. The number of anilines is 2. The van der Waals surface area contributed by atoms with Crippen molar-refractivity contribution in [3.05, 3.63) is 95.5 Å². The van der Waals surface area contributed by atoms with Crippen LogP contribution in [0.5, 0.6) is 0 Å². The summed E-state index contributed by atoms with van der Waals surface area (Å²) in [6, 6.07) is 20.1. The molecule has 2 aromatic carbocycles. The van der Waals surface area contributed by atoms with Crippen LogP contribution in [0, 0.1) is 0 Å². The normalized spacial score (nSPS) is 23.7. The SMILES string of the molecule is O=C1NC(O)CCC1N1CCc2c(N3CCC(N4CCC(c5ccc(-n6ccc7nnc(C8=CCCC=C8O)cc76)cc5)CC4)CC3)cccc21. The van der Waals surface area contributed by atoms with Gasteiger partial charge in [0.2, 0.25) is 5.91 Å². The maximum Gasteiger partial charge on any atom is 0.244 e. The fourth-order valence-corrected chi connectivity index (χ4v) is 9.30. The van der Waals surface area contributed by atoms with Crippen LogP contribution >= 0.6 is 0 Å². The molecule has 0 spiro atoms. The average Bonchev–Trinajstić information content (AvgIpc) is 3.80. The molecule has 264 valence electrons. The fraction of sp³-hybridized carbons (Fsp3) is 0.439. The summed E-state index contributed by atoms with van der Waals surface area (Å²) in [4.78, 5) is 20.3. The van der Waals surface area contributed by atoms with E-state index in [0.29, 0.717) is 30.5 Å². The Morgan fingerprint density at radius 2 is 1.59 bits per heavy atom. The molecule has 10 heteroatoms. The molecule has 10 nitrogen and oxygen atoms in total. The van der Waals surface area contributed by atoms with E-state index in [-0.39, 0.29) is 17.7 Å². The van der Waals surface area contributed by atoms with Gasteiger partial charge in [0, 0.05) is 60.1 Å². The van der Waals surface area contributed by atoms with Crippen LogP contribution in [0.3, 0.4) is 0 Å². The molecule has 5 aliphatic rings. The molecule has 2 atom stereocenters. The number of fused-ring (bicyclic) bond motifs is 2. The predicted octanol–water partition coefficient (Wildman–Crippen LogP) is 5.85. The van der Waals surface area contributed by atoms with Crippen molar-refractivity contribution in [1.82, 2.24) is 25.0 Å². The van der Waals surface area contributed by atoms with Gasteiger partial charge in [0.05, 0.1) is 11.2 Å².